The van der Waals surface area contributed by atoms with Crippen LogP contribution in [-0.2, 0) is 24.8 Å². The lowest BCUT2D eigenvalue weighted by molar-refractivity contribution is -0.127. The molecular weight excluding hydrogens is 416 g/mol. The molecule has 33 heavy (non-hydrogen) atoms. The minimum absolute atomic E-state index is 0.0612. The summed E-state index contributed by atoms with van der Waals surface area (Å²) in [6, 6.07) is 28.8. The molecule has 5 rings (SSSR count). The van der Waals surface area contributed by atoms with Crippen molar-refractivity contribution in [2.75, 3.05) is 7.11 Å². The van der Waals surface area contributed by atoms with Gasteiger partial charge in [-0.25, -0.2) is 10.3 Å². The maximum Gasteiger partial charge on any atom is 0.279 e. The number of aromatic amines is 1. The van der Waals surface area contributed by atoms with Gasteiger partial charge in [0.05, 0.1) is 7.11 Å². The summed E-state index contributed by atoms with van der Waals surface area (Å²) < 4.78 is 6.40. The molecule has 0 saturated heterocycles. The summed E-state index contributed by atoms with van der Waals surface area (Å²) >= 11 is 0. The second-order valence-corrected chi connectivity index (χ2v) is 7.60. The molecule has 2 N–H and O–H groups in total. The van der Waals surface area contributed by atoms with Crippen molar-refractivity contribution in [3.63, 3.8) is 0 Å². The third kappa shape index (κ3) is 3.26. The quantitative estimate of drug-likeness (QED) is 0.361. The van der Waals surface area contributed by atoms with Gasteiger partial charge in [-0.05, 0) is 17.5 Å². The number of aromatic nitrogens is 1. The molecular formula is C27H20N2O4. The van der Waals surface area contributed by atoms with Gasteiger partial charge in [0, 0.05) is 27.9 Å². The van der Waals surface area contributed by atoms with E-state index in [2.05, 4.69) is 10.5 Å². The maximum atomic E-state index is 13.2. The highest BCUT2D eigenvalue weighted by atomic mass is 16.6. The Kier molecular flexibility index (Phi) is 5.15. The number of hydrogen-bond donors (Lipinski definition) is 2. The number of carbonyl (C=O) groups is 1. The number of H-pyrrole nitrogens is 1. The Morgan fingerprint density at radius 2 is 1.55 bits per heavy atom. The molecule has 1 aromatic heterocycles. The van der Waals surface area contributed by atoms with E-state index in [0.29, 0.717) is 11.3 Å². The van der Waals surface area contributed by atoms with Crippen LogP contribution >= 0.6 is 0 Å². The van der Waals surface area contributed by atoms with E-state index in [1.54, 1.807) is 0 Å². The number of nitrogens with one attached hydrogen (secondary N) is 2. The van der Waals surface area contributed by atoms with Gasteiger partial charge >= 0.3 is 0 Å². The highest BCUT2D eigenvalue weighted by molar-refractivity contribution is 6.10. The third-order valence-corrected chi connectivity index (χ3v) is 5.76. The number of hydrogen-bond acceptors (Lipinski definition) is 4. The Hall–Kier alpha value is -4.38. The molecule has 3 aromatic carbocycles. The summed E-state index contributed by atoms with van der Waals surface area (Å²) in [6.07, 6.45) is 0. The topological polar surface area (TPSA) is 80.4 Å². The molecule has 0 aliphatic carbocycles. The molecule has 162 valence electrons. The Morgan fingerprint density at radius 1 is 0.939 bits per heavy atom. The molecule has 0 fully saturated rings. The van der Waals surface area contributed by atoms with E-state index in [1.807, 2.05) is 96.9 Å². The van der Waals surface area contributed by atoms with Gasteiger partial charge in [-0.15, -0.1) is 0 Å². The van der Waals surface area contributed by atoms with Gasteiger partial charge in [0.15, 0.2) is 11.5 Å². The largest absolute Gasteiger partial charge is 0.461 e. The van der Waals surface area contributed by atoms with Gasteiger partial charge in [0.2, 0.25) is 5.76 Å². The minimum Gasteiger partial charge on any atom is -0.461 e. The summed E-state index contributed by atoms with van der Waals surface area (Å²) in [4.78, 5) is 33.5. The van der Waals surface area contributed by atoms with E-state index < -0.39 is 11.5 Å². The zero-order valence-corrected chi connectivity index (χ0v) is 17.8. The number of fused-ring (bicyclic) bond motifs is 1. The summed E-state index contributed by atoms with van der Waals surface area (Å²) in [5.41, 5.74) is 4.70. The fraction of sp³-hybridized carbons (Fsp3) is 0.0741. The smallest absolute Gasteiger partial charge is 0.279 e. The molecule has 0 bridgehead atoms. The fourth-order valence-electron chi connectivity index (χ4n) is 4.43. The molecule has 1 amide bonds. The first-order valence-electron chi connectivity index (χ1n) is 10.4. The van der Waals surface area contributed by atoms with Crippen LogP contribution in [0.3, 0.4) is 0 Å². The molecule has 6 heteroatoms. The van der Waals surface area contributed by atoms with Gasteiger partial charge in [-0.1, -0.05) is 78.9 Å². The van der Waals surface area contributed by atoms with E-state index in [4.69, 9.17) is 9.57 Å². The van der Waals surface area contributed by atoms with Crippen LogP contribution in [0.1, 0.15) is 16.8 Å². The predicted molar refractivity (Wildman–Crippen MR) is 124 cm³/mol. The van der Waals surface area contributed by atoms with Crippen LogP contribution in [0.25, 0.3) is 16.5 Å². The number of ether oxygens (including phenoxy) is 1. The average Bonchev–Trinajstić information content (AvgIpc) is 3.45. The van der Waals surface area contributed by atoms with Crippen LogP contribution in [0, 0.1) is 0 Å². The van der Waals surface area contributed by atoms with Crippen molar-refractivity contribution in [3.05, 3.63) is 119 Å². The zero-order valence-electron chi connectivity index (χ0n) is 17.8. The molecule has 4 aromatic rings. The predicted octanol–water partition coefficient (Wildman–Crippen LogP) is 4.29. The van der Waals surface area contributed by atoms with E-state index >= 15 is 0 Å². The first-order valence-corrected chi connectivity index (χ1v) is 10.4. The third-order valence-electron chi connectivity index (χ3n) is 5.76. The van der Waals surface area contributed by atoms with Crippen molar-refractivity contribution in [3.8, 4) is 0 Å². The Bertz CT molecular complexity index is 1340. The van der Waals surface area contributed by atoms with E-state index in [1.165, 1.54) is 7.11 Å². The lowest BCUT2D eigenvalue weighted by Crippen LogP contribution is -2.30. The van der Waals surface area contributed by atoms with Gasteiger partial charge in [-0.2, -0.15) is 0 Å². The summed E-state index contributed by atoms with van der Waals surface area (Å²) in [5.74, 6) is 1.05. The first-order chi connectivity index (χ1) is 16.2. The van der Waals surface area contributed by atoms with Crippen LogP contribution in [0.15, 0.2) is 102 Å². The summed E-state index contributed by atoms with van der Waals surface area (Å²) in [6.45, 7) is 0. The summed E-state index contributed by atoms with van der Waals surface area (Å²) in [7, 11) is 1.34. The molecule has 0 unspecified atom stereocenters. The van der Waals surface area contributed by atoms with Crippen molar-refractivity contribution in [2.24, 2.45) is 0 Å². The number of benzene rings is 3. The van der Waals surface area contributed by atoms with Crippen LogP contribution in [0.4, 0.5) is 0 Å². The number of hydroxylamine groups is 1. The molecule has 0 radical (unpaired) electrons. The normalized spacial score (nSPS) is 14.8. The Labute approximate surface area is 190 Å². The van der Waals surface area contributed by atoms with Crippen LogP contribution in [-0.4, -0.2) is 23.9 Å². The highest BCUT2D eigenvalue weighted by Gasteiger charge is 2.52. The van der Waals surface area contributed by atoms with Gasteiger partial charge < -0.3 is 9.72 Å². The van der Waals surface area contributed by atoms with E-state index in [9.17, 15) is 9.59 Å². The SMILES string of the molecule is CONC(=O)C1=C(c2cc3ccccc3[nH]2)C(c2ccccc2)(c2ccccc2)OC1=C=O. The minimum atomic E-state index is -1.27. The van der Waals surface area contributed by atoms with Gasteiger partial charge in [0.25, 0.3) is 5.91 Å². The van der Waals surface area contributed by atoms with Crippen molar-refractivity contribution < 1.29 is 19.2 Å². The van der Waals surface area contributed by atoms with Crippen LogP contribution < -0.4 is 5.48 Å². The first kappa shape index (κ1) is 20.5. The number of para-hydroxylation sites is 1. The molecule has 0 atom stereocenters. The molecule has 2 heterocycles. The van der Waals surface area contributed by atoms with E-state index in [-0.39, 0.29) is 11.3 Å². The molecule has 1 aliphatic heterocycles. The van der Waals surface area contributed by atoms with Crippen LogP contribution in [0.2, 0.25) is 0 Å². The molecule has 0 spiro atoms. The van der Waals surface area contributed by atoms with Crippen molar-refractivity contribution in [2.45, 2.75) is 5.60 Å². The molecule has 0 saturated carbocycles. The molecule has 1 aliphatic rings. The Balaban J connectivity index is 1.92. The van der Waals surface area contributed by atoms with Gasteiger partial charge in [-0.3, -0.25) is 9.63 Å². The monoisotopic (exact) mass is 436 g/mol. The van der Waals surface area contributed by atoms with E-state index in [0.717, 1.165) is 22.0 Å². The maximum absolute atomic E-state index is 13.2. The van der Waals surface area contributed by atoms with Crippen molar-refractivity contribution >= 4 is 28.3 Å². The second-order valence-electron chi connectivity index (χ2n) is 7.60. The average molecular weight is 436 g/mol. The fourth-order valence-corrected chi connectivity index (χ4v) is 4.43. The number of rotatable bonds is 5. The Morgan fingerprint density at radius 3 is 2.12 bits per heavy atom. The zero-order chi connectivity index (χ0) is 22.8. The highest BCUT2D eigenvalue weighted by Crippen LogP contribution is 2.53. The molecule has 6 nitrogen and oxygen atoms in total. The van der Waals surface area contributed by atoms with Crippen molar-refractivity contribution in [1.82, 2.24) is 10.5 Å². The number of carbonyl (C=O) groups excluding carboxylic acids is 2. The lowest BCUT2D eigenvalue weighted by atomic mass is 9.78. The lowest BCUT2D eigenvalue weighted by Gasteiger charge is -2.32. The number of amides is 1. The standard InChI is InChI=1S/C27H20N2O4/c1-32-29-26(31)24-23(17-30)33-27(19-11-4-2-5-12-19,20-13-6-3-7-14-20)25(24)22-16-18-10-8-9-15-21(18)28-22/h2-16,28H,1H3,(H,29,31). The van der Waals surface area contributed by atoms with Gasteiger partial charge in [0.1, 0.15) is 5.57 Å². The second kappa shape index (κ2) is 8.28. The van der Waals surface area contributed by atoms with Crippen molar-refractivity contribution in [1.29, 1.82) is 0 Å². The van der Waals surface area contributed by atoms with Crippen LogP contribution in [0.5, 0.6) is 0 Å². The summed E-state index contributed by atoms with van der Waals surface area (Å²) in [5, 5.41) is 0.963.